The number of anilines is 1. The Labute approximate surface area is 190 Å². The van der Waals surface area contributed by atoms with Crippen LogP contribution in [0.25, 0.3) is 0 Å². The van der Waals surface area contributed by atoms with Gasteiger partial charge in [0, 0.05) is 44.4 Å². The van der Waals surface area contributed by atoms with Crippen LogP contribution in [0.3, 0.4) is 0 Å². The van der Waals surface area contributed by atoms with Crippen molar-refractivity contribution in [3.8, 4) is 0 Å². The molecule has 10 heteroatoms. The van der Waals surface area contributed by atoms with Crippen LogP contribution in [0.15, 0.2) is 42.5 Å². The van der Waals surface area contributed by atoms with E-state index in [0.717, 1.165) is 38.1 Å². The van der Waals surface area contributed by atoms with Crippen LogP contribution < -0.4 is 4.90 Å². The Bertz CT molecular complexity index is 1000. The first-order chi connectivity index (χ1) is 15.6. The van der Waals surface area contributed by atoms with Crippen molar-refractivity contribution in [3.05, 3.63) is 69.3 Å². The summed E-state index contributed by atoms with van der Waals surface area (Å²) in [4.78, 5) is 29.7. The zero-order chi connectivity index (χ0) is 24.2. The van der Waals surface area contributed by atoms with E-state index in [-0.39, 0.29) is 24.3 Å². The van der Waals surface area contributed by atoms with E-state index in [9.17, 15) is 28.1 Å². The number of benzene rings is 2. The number of hydrogen-bond donors (Lipinski definition) is 0. The Morgan fingerprint density at radius 1 is 1.09 bits per heavy atom. The molecule has 2 aromatic rings. The van der Waals surface area contributed by atoms with Crippen molar-refractivity contribution in [1.82, 2.24) is 9.80 Å². The van der Waals surface area contributed by atoms with Crippen molar-refractivity contribution >= 4 is 17.3 Å². The Morgan fingerprint density at radius 3 is 2.39 bits per heavy atom. The average molecular weight is 464 g/mol. The van der Waals surface area contributed by atoms with Gasteiger partial charge in [-0.15, -0.1) is 0 Å². The van der Waals surface area contributed by atoms with Crippen LogP contribution >= 0.6 is 0 Å². The Kier molecular flexibility index (Phi) is 7.57. The molecule has 3 rings (SSSR count). The Morgan fingerprint density at radius 2 is 1.79 bits per heavy atom. The molecule has 1 fully saturated rings. The first-order valence-corrected chi connectivity index (χ1v) is 10.7. The minimum absolute atomic E-state index is 0.0434. The third-order valence-corrected chi connectivity index (χ3v) is 5.60. The van der Waals surface area contributed by atoms with Crippen molar-refractivity contribution in [2.24, 2.45) is 0 Å². The molecule has 2 aromatic carbocycles. The third kappa shape index (κ3) is 6.22. The number of carbonyl (C=O) groups is 1. The van der Waals surface area contributed by atoms with Gasteiger partial charge in [0.1, 0.15) is 5.69 Å². The number of rotatable bonds is 8. The third-order valence-electron chi connectivity index (χ3n) is 5.60. The maximum absolute atomic E-state index is 13.3. The number of amides is 1. The molecule has 178 valence electrons. The molecule has 1 amide bonds. The molecule has 0 saturated carbocycles. The molecule has 0 bridgehead atoms. The number of nitrogens with zero attached hydrogens (tertiary/aromatic N) is 4. The molecule has 0 unspecified atom stereocenters. The second-order valence-electron chi connectivity index (χ2n) is 8.38. The summed E-state index contributed by atoms with van der Waals surface area (Å²) in [6.07, 6.45) is -2.58. The van der Waals surface area contributed by atoms with Crippen molar-refractivity contribution in [2.45, 2.75) is 25.6 Å². The van der Waals surface area contributed by atoms with Gasteiger partial charge in [-0.2, -0.15) is 13.2 Å². The van der Waals surface area contributed by atoms with Crippen LogP contribution in [0.5, 0.6) is 0 Å². The number of hydrogen-bond acceptors (Lipinski definition) is 5. The van der Waals surface area contributed by atoms with Crippen LogP contribution in [0.2, 0.25) is 0 Å². The summed E-state index contributed by atoms with van der Waals surface area (Å²) in [6, 6.07) is 9.25. The van der Waals surface area contributed by atoms with Crippen molar-refractivity contribution < 1.29 is 22.9 Å². The largest absolute Gasteiger partial charge is 0.416 e. The molecular formula is C23H27F3N4O3. The predicted molar refractivity (Wildman–Crippen MR) is 119 cm³/mol. The fourth-order valence-corrected chi connectivity index (χ4v) is 3.85. The SMILES string of the molecule is CN(C)CCN(Cc1cccc(C(F)(F)F)c1)C(=O)c1ccc(N2CCCC2)c([N+](=O)[O-])c1. The summed E-state index contributed by atoms with van der Waals surface area (Å²) in [7, 11) is 3.64. The molecule has 0 spiro atoms. The van der Waals surface area contributed by atoms with Crippen LogP contribution in [0.4, 0.5) is 24.5 Å². The van der Waals surface area contributed by atoms with E-state index in [1.807, 2.05) is 23.9 Å². The summed E-state index contributed by atoms with van der Waals surface area (Å²) in [5.41, 5.74) is 0.0160. The van der Waals surface area contributed by atoms with E-state index >= 15 is 0 Å². The lowest BCUT2D eigenvalue weighted by Gasteiger charge is -2.25. The monoisotopic (exact) mass is 464 g/mol. The molecule has 0 atom stereocenters. The van der Waals surface area contributed by atoms with E-state index in [1.165, 1.54) is 23.1 Å². The summed E-state index contributed by atoms with van der Waals surface area (Å²) in [5, 5.41) is 11.7. The van der Waals surface area contributed by atoms with Crippen molar-refractivity contribution in [3.63, 3.8) is 0 Å². The number of halogens is 3. The Balaban J connectivity index is 1.90. The number of nitro groups is 1. The summed E-state index contributed by atoms with van der Waals surface area (Å²) in [6.45, 7) is 2.14. The maximum Gasteiger partial charge on any atom is 0.416 e. The number of likely N-dealkylation sites (N-methyl/N-ethyl adjacent to an activating group) is 1. The fraction of sp³-hybridized carbons (Fsp3) is 0.435. The van der Waals surface area contributed by atoms with Gasteiger partial charge in [0.05, 0.1) is 10.5 Å². The number of alkyl halides is 3. The van der Waals surface area contributed by atoms with Gasteiger partial charge in [-0.05, 0) is 56.8 Å². The molecule has 0 aromatic heterocycles. The lowest BCUT2D eigenvalue weighted by Crippen LogP contribution is -2.36. The zero-order valence-electron chi connectivity index (χ0n) is 18.6. The quantitative estimate of drug-likeness (QED) is 0.427. The van der Waals surface area contributed by atoms with E-state index in [1.54, 1.807) is 12.1 Å². The van der Waals surface area contributed by atoms with Gasteiger partial charge in [0.2, 0.25) is 0 Å². The Hall–Kier alpha value is -3.14. The van der Waals surface area contributed by atoms with Gasteiger partial charge in [0.25, 0.3) is 11.6 Å². The lowest BCUT2D eigenvalue weighted by atomic mass is 10.1. The highest BCUT2D eigenvalue weighted by atomic mass is 19.4. The van der Waals surface area contributed by atoms with Gasteiger partial charge < -0.3 is 14.7 Å². The molecule has 7 nitrogen and oxygen atoms in total. The van der Waals surface area contributed by atoms with Crippen LogP contribution in [0, 0.1) is 10.1 Å². The molecule has 1 saturated heterocycles. The zero-order valence-corrected chi connectivity index (χ0v) is 18.6. The molecule has 0 radical (unpaired) electrons. The van der Waals surface area contributed by atoms with Crippen LogP contribution in [-0.4, -0.2) is 60.9 Å². The lowest BCUT2D eigenvalue weighted by molar-refractivity contribution is -0.384. The normalized spacial score (nSPS) is 14.1. The van der Waals surface area contributed by atoms with Gasteiger partial charge in [-0.3, -0.25) is 14.9 Å². The first kappa shape index (κ1) is 24.5. The highest BCUT2D eigenvalue weighted by Crippen LogP contribution is 2.33. The molecule has 0 aliphatic carbocycles. The number of carbonyl (C=O) groups excluding carboxylic acids is 1. The number of nitro benzene ring substituents is 1. The molecule has 0 N–H and O–H groups in total. The minimum atomic E-state index is -4.49. The fourth-order valence-electron chi connectivity index (χ4n) is 3.85. The summed E-state index contributed by atoms with van der Waals surface area (Å²) >= 11 is 0. The molecule has 1 aliphatic rings. The van der Waals surface area contributed by atoms with E-state index in [2.05, 4.69) is 0 Å². The van der Waals surface area contributed by atoms with E-state index in [4.69, 9.17) is 0 Å². The van der Waals surface area contributed by atoms with Crippen LogP contribution in [-0.2, 0) is 12.7 Å². The average Bonchev–Trinajstić information content (AvgIpc) is 3.30. The smallest absolute Gasteiger partial charge is 0.366 e. The standard InChI is InChI=1S/C23H27F3N4O3/c1-27(2)12-13-29(16-17-6-5-7-19(14-17)23(24,25)26)22(31)18-8-9-20(21(15-18)30(32)33)28-10-3-4-11-28/h5-9,14-15H,3-4,10-13,16H2,1-2H3. The van der Waals surface area contributed by atoms with Crippen molar-refractivity contribution in [1.29, 1.82) is 0 Å². The molecule has 1 heterocycles. The maximum atomic E-state index is 13.3. The molecular weight excluding hydrogens is 437 g/mol. The van der Waals surface area contributed by atoms with Gasteiger partial charge in [-0.25, -0.2) is 0 Å². The van der Waals surface area contributed by atoms with Gasteiger partial charge in [-0.1, -0.05) is 12.1 Å². The highest BCUT2D eigenvalue weighted by Gasteiger charge is 2.31. The van der Waals surface area contributed by atoms with E-state index in [0.29, 0.717) is 17.8 Å². The first-order valence-electron chi connectivity index (χ1n) is 10.7. The van der Waals surface area contributed by atoms with Gasteiger partial charge in [0.15, 0.2) is 0 Å². The van der Waals surface area contributed by atoms with Crippen molar-refractivity contribution in [2.75, 3.05) is 45.2 Å². The second-order valence-corrected chi connectivity index (χ2v) is 8.38. The molecule has 33 heavy (non-hydrogen) atoms. The van der Waals surface area contributed by atoms with Crippen LogP contribution in [0.1, 0.15) is 34.3 Å². The van der Waals surface area contributed by atoms with Gasteiger partial charge >= 0.3 is 6.18 Å². The van der Waals surface area contributed by atoms with E-state index < -0.39 is 22.6 Å². The summed E-state index contributed by atoms with van der Waals surface area (Å²) < 4.78 is 39.3. The molecule has 1 aliphatic heterocycles. The predicted octanol–water partition coefficient (Wildman–Crippen LogP) is 4.42. The topological polar surface area (TPSA) is 69.9 Å². The summed E-state index contributed by atoms with van der Waals surface area (Å²) in [5.74, 6) is -0.467. The minimum Gasteiger partial charge on any atom is -0.366 e. The highest BCUT2D eigenvalue weighted by molar-refractivity contribution is 5.95. The second kappa shape index (κ2) is 10.2.